The number of aromatic nitrogens is 3. The number of nitrogens with zero attached hydrogens (tertiary/aromatic N) is 5. The molecule has 1 aliphatic heterocycles. The number of rotatable bonds is 4. The number of halogens is 4. The lowest BCUT2D eigenvalue weighted by Gasteiger charge is -2.34. The van der Waals surface area contributed by atoms with Crippen molar-refractivity contribution in [2.24, 2.45) is 0 Å². The van der Waals surface area contributed by atoms with Gasteiger partial charge in [0.1, 0.15) is 17.2 Å². The quantitative estimate of drug-likeness (QED) is 0.406. The van der Waals surface area contributed by atoms with Crippen LogP contribution in [0.15, 0.2) is 66.9 Å². The molecule has 1 N–H and O–H groups in total. The van der Waals surface area contributed by atoms with Crippen LogP contribution in [0.5, 0.6) is 0 Å². The molecule has 1 aliphatic rings. The number of alkyl halides is 3. The number of benzene rings is 2. The second-order valence-electron chi connectivity index (χ2n) is 8.46. The van der Waals surface area contributed by atoms with E-state index in [0.717, 1.165) is 12.1 Å². The molecular formula is C25H22F4N6O. The molecule has 186 valence electrons. The fraction of sp³-hybridized carbons (Fsp3) is 0.240. The van der Waals surface area contributed by atoms with E-state index < -0.39 is 17.8 Å². The molecule has 5 rings (SSSR count). The van der Waals surface area contributed by atoms with E-state index in [-0.39, 0.29) is 11.5 Å². The third kappa shape index (κ3) is 5.01. The Balaban J connectivity index is 1.27. The van der Waals surface area contributed by atoms with Gasteiger partial charge in [0.2, 0.25) is 0 Å². The minimum Gasteiger partial charge on any atom is -0.322 e. The summed E-state index contributed by atoms with van der Waals surface area (Å²) in [5, 5.41) is 2.55. The largest absolute Gasteiger partial charge is 0.416 e. The van der Waals surface area contributed by atoms with Crippen molar-refractivity contribution < 1.29 is 22.4 Å². The van der Waals surface area contributed by atoms with Crippen LogP contribution in [0.1, 0.15) is 11.4 Å². The number of imidazole rings is 1. The Hall–Kier alpha value is -3.99. The van der Waals surface area contributed by atoms with Crippen LogP contribution in [0.3, 0.4) is 0 Å². The number of carbonyl (C=O) groups is 1. The summed E-state index contributed by atoms with van der Waals surface area (Å²) >= 11 is 0. The van der Waals surface area contributed by atoms with Crippen LogP contribution in [0.2, 0.25) is 0 Å². The van der Waals surface area contributed by atoms with Gasteiger partial charge in [0, 0.05) is 38.1 Å². The summed E-state index contributed by atoms with van der Waals surface area (Å²) in [6.45, 7) is 2.31. The molecule has 0 aliphatic carbocycles. The molecule has 2 amide bonds. The van der Waals surface area contributed by atoms with E-state index in [9.17, 15) is 22.4 Å². The van der Waals surface area contributed by atoms with Gasteiger partial charge in [-0.2, -0.15) is 13.2 Å². The smallest absolute Gasteiger partial charge is 0.322 e. The molecule has 0 spiro atoms. The zero-order valence-corrected chi connectivity index (χ0v) is 19.0. The molecule has 2 aromatic heterocycles. The van der Waals surface area contributed by atoms with Gasteiger partial charge in [0.25, 0.3) is 0 Å². The monoisotopic (exact) mass is 498 g/mol. The van der Waals surface area contributed by atoms with Gasteiger partial charge in [-0.3, -0.25) is 9.47 Å². The first kappa shape index (κ1) is 23.7. The molecule has 1 fully saturated rings. The zero-order chi connectivity index (χ0) is 25.3. The van der Waals surface area contributed by atoms with Crippen LogP contribution >= 0.6 is 0 Å². The number of amides is 2. The molecule has 0 saturated carbocycles. The second-order valence-corrected chi connectivity index (χ2v) is 8.46. The lowest BCUT2D eigenvalue weighted by Crippen LogP contribution is -2.49. The topological polar surface area (TPSA) is 66.3 Å². The van der Waals surface area contributed by atoms with Crippen molar-refractivity contribution >= 4 is 22.9 Å². The van der Waals surface area contributed by atoms with Gasteiger partial charge in [-0.15, -0.1) is 0 Å². The Kier molecular flexibility index (Phi) is 6.31. The highest BCUT2D eigenvalue weighted by Crippen LogP contribution is 2.30. The van der Waals surface area contributed by atoms with E-state index in [1.165, 1.54) is 24.3 Å². The number of nitrogens with one attached hydrogen (secondary N) is 1. The maximum Gasteiger partial charge on any atom is 0.416 e. The van der Waals surface area contributed by atoms with Crippen molar-refractivity contribution in [1.82, 2.24) is 24.3 Å². The summed E-state index contributed by atoms with van der Waals surface area (Å²) in [5.41, 5.74) is 1.20. The van der Waals surface area contributed by atoms with Crippen molar-refractivity contribution in [3.63, 3.8) is 0 Å². The lowest BCUT2D eigenvalue weighted by molar-refractivity contribution is -0.137. The second kappa shape index (κ2) is 9.57. The molecule has 0 bridgehead atoms. The molecule has 36 heavy (non-hydrogen) atoms. The average molecular weight is 498 g/mol. The third-order valence-corrected chi connectivity index (χ3v) is 6.02. The summed E-state index contributed by atoms with van der Waals surface area (Å²) in [6, 6.07) is 14.0. The van der Waals surface area contributed by atoms with E-state index in [2.05, 4.69) is 15.2 Å². The van der Waals surface area contributed by atoms with Crippen LogP contribution in [-0.2, 0) is 12.7 Å². The molecule has 0 atom stereocenters. The molecule has 2 aromatic carbocycles. The summed E-state index contributed by atoms with van der Waals surface area (Å²) in [6.07, 6.45) is -2.82. The van der Waals surface area contributed by atoms with Crippen molar-refractivity contribution in [3.8, 4) is 5.69 Å². The molecule has 11 heteroatoms. The van der Waals surface area contributed by atoms with Gasteiger partial charge in [-0.25, -0.2) is 19.2 Å². The fourth-order valence-corrected chi connectivity index (χ4v) is 4.24. The van der Waals surface area contributed by atoms with Crippen molar-refractivity contribution in [2.75, 3.05) is 31.5 Å². The highest BCUT2D eigenvalue weighted by Gasteiger charge is 2.31. The average Bonchev–Trinajstić information content (AvgIpc) is 3.22. The summed E-state index contributed by atoms with van der Waals surface area (Å²) in [5.74, 6) is 0.327. The Bertz CT molecular complexity index is 1390. The van der Waals surface area contributed by atoms with Crippen LogP contribution in [0, 0.1) is 5.82 Å². The predicted molar refractivity (Wildman–Crippen MR) is 126 cm³/mol. The van der Waals surface area contributed by atoms with Crippen molar-refractivity contribution in [1.29, 1.82) is 0 Å². The van der Waals surface area contributed by atoms with Crippen LogP contribution in [0.25, 0.3) is 16.9 Å². The number of hydrogen-bond donors (Lipinski definition) is 1. The summed E-state index contributed by atoms with van der Waals surface area (Å²) < 4.78 is 54.6. The molecule has 7 nitrogen and oxygen atoms in total. The number of urea groups is 1. The first-order valence-corrected chi connectivity index (χ1v) is 11.3. The Morgan fingerprint density at radius 2 is 1.75 bits per heavy atom. The molecule has 3 heterocycles. The fourth-order valence-electron chi connectivity index (χ4n) is 4.24. The minimum atomic E-state index is -4.48. The van der Waals surface area contributed by atoms with Gasteiger partial charge in [-0.05, 0) is 48.5 Å². The third-order valence-electron chi connectivity index (χ3n) is 6.02. The number of carbonyl (C=O) groups excluding carboxylic acids is 1. The van der Waals surface area contributed by atoms with Crippen molar-refractivity contribution in [2.45, 2.75) is 12.7 Å². The molecule has 0 unspecified atom stereocenters. The highest BCUT2D eigenvalue weighted by atomic mass is 19.4. The van der Waals surface area contributed by atoms with Crippen LogP contribution < -0.4 is 5.32 Å². The van der Waals surface area contributed by atoms with Gasteiger partial charge >= 0.3 is 12.2 Å². The summed E-state index contributed by atoms with van der Waals surface area (Å²) in [7, 11) is 0. The molecule has 0 radical (unpaired) electrons. The van der Waals surface area contributed by atoms with Gasteiger partial charge < -0.3 is 10.2 Å². The first-order valence-electron chi connectivity index (χ1n) is 11.3. The Morgan fingerprint density at radius 3 is 2.50 bits per heavy atom. The molecule has 4 aromatic rings. The van der Waals surface area contributed by atoms with E-state index in [1.54, 1.807) is 29.3 Å². The summed E-state index contributed by atoms with van der Waals surface area (Å²) in [4.78, 5) is 25.4. The van der Waals surface area contributed by atoms with E-state index >= 15 is 0 Å². The zero-order valence-electron chi connectivity index (χ0n) is 19.0. The van der Waals surface area contributed by atoms with Gasteiger partial charge in [0.05, 0.1) is 17.8 Å². The maximum absolute atomic E-state index is 13.9. The van der Waals surface area contributed by atoms with Crippen molar-refractivity contribution in [3.05, 3.63) is 84.1 Å². The number of fused-ring (bicyclic) bond motifs is 1. The number of piperazine rings is 1. The minimum absolute atomic E-state index is 0.0913. The van der Waals surface area contributed by atoms with Crippen LogP contribution in [-0.4, -0.2) is 56.5 Å². The number of hydrogen-bond acceptors (Lipinski definition) is 4. The van der Waals surface area contributed by atoms with E-state index in [0.29, 0.717) is 55.4 Å². The standard InChI is InChI=1S/C25H22F4N6O/c26-18-5-2-7-20(15-18)35-22(32-21-8-3-9-30-23(21)35)16-33-10-12-34(13-11-33)24(36)31-19-6-1-4-17(14-19)25(27,28)29/h1-9,14-15H,10-13,16H2,(H,31,36). The number of anilines is 1. The molecular weight excluding hydrogens is 476 g/mol. The lowest BCUT2D eigenvalue weighted by atomic mass is 10.2. The Labute approximate surface area is 204 Å². The Morgan fingerprint density at radius 1 is 0.972 bits per heavy atom. The van der Waals surface area contributed by atoms with E-state index in [4.69, 9.17) is 4.98 Å². The van der Waals surface area contributed by atoms with Crippen LogP contribution in [0.4, 0.5) is 28.0 Å². The highest BCUT2D eigenvalue weighted by molar-refractivity contribution is 5.89. The van der Waals surface area contributed by atoms with Gasteiger partial charge in [0.15, 0.2) is 5.65 Å². The normalized spacial score (nSPS) is 14.8. The van der Waals surface area contributed by atoms with Gasteiger partial charge in [-0.1, -0.05) is 12.1 Å². The maximum atomic E-state index is 13.9. The first-order chi connectivity index (χ1) is 17.3. The SMILES string of the molecule is O=C(Nc1cccc(C(F)(F)F)c1)N1CCN(Cc2nc3cccnc3n2-c2cccc(F)c2)CC1. The predicted octanol–water partition coefficient (Wildman–Crippen LogP) is 4.93. The molecule has 1 saturated heterocycles. The number of pyridine rings is 1. The van der Waals surface area contributed by atoms with E-state index in [1.807, 2.05) is 10.6 Å².